The molecule has 2 fully saturated rings. The highest BCUT2D eigenvalue weighted by atomic mass is 35.5. The zero-order valence-electron chi connectivity index (χ0n) is 17.1. The molecule has 1 unspecified atom stereocenters. The summed E-state index contributed by atoms with van der Waals surface area (Å²) in [5.74, 6) is 0.835. The fraction of sp³-hybridized carbons (Fsp3) is 0.391. The fourth-order valence-electron chi connectivity index (χ4n) is 4.68. The van der Waals surface area contributed by atoms with Crippen LogP contribution < -0.4 is 5.73 Å². The van der Waals surface area contributed by atoms with Gasteiger partial charge in [-0.25, -0.2) is 0 Å². The summed E-state index contributed by atoms with van der Waals surface area (Å²) in [5, 5.41) is -0.0476. The van der Waals surface area contributed by atoms with E-state index in [1.165, 1.54) is 5.56 Å². The smallest absolute Gasteiger partial charge is 0.281 e. The molecule has 0 aromatic heterocycles. The second-order valence-corrected chi connectivity index (χ2v) is 10.2. The van der Waals surface area contributed by atoms with E-state index in [-0.39, 0.29) is 16.0 Å². The first-order chi connectivity index (χ1) is 14.9. The van der Waals surface area contributed by atoms with Crippen LogP contribution in [0.4, 0.5) is 4.79 Å². The van der Waals surface area contributed by atoms with Crippen molar-refractivity contribution in [2.45, 2.75) is 17.7 Å². The van der Waals surface area contributed by atoms with Gasteiger partial charge in [-0.3, -0.25) is 9.59 Å². The third-order valence-corrected chi connectivity index (χ3v) is 7.35. The van der Waals surface area contributed by atoms with Crippen LogP contribution in [-0.2, 0) is 6.42 Å². The Bertz CT molecular complexity index is 936. The first-order valence-corrected chi connectivity index (χ1v) is 12.0. The molecule has 2 aromatic carbocycles. The molecular formula is C23H25Cl2N3O2S. The maximum Gasteiger partial charge on any atom is 0.281 e. The van der Waals surface area contributed by atoms with Gasteiger partial charge in [0.15, 0.2) is 0 Å². The molecule has 0 radical (unpaired) electrons. The Morgan fingerprint density at radius 1 is 1.00 bits per heavy atom. The van der Waals surface area contributed by atoms with Crippen molar-refractivity contribution in [2.75, 3.05) is 32.7 Å². The number of fused-ring (bicyclic) bond motifs is 1. The van der Waals surface area contributed by atoms with Crippen LogP contribution in [0.2, 0.25) is 10.0 Å². The predicted molar refractivity (Wildman–Crippen MR) is 126 cm³/mol. The van der Waals surface area contributed by atoms with Crippen molar-refractivity contribution in [2.24, 2.45) is 17.6 Å². The largest absolute Gasteiger partial charge is 0.360 e. The van der Waals surface area contributed by atoms with Crippen molar-refractivity contribution in [3.63, 3.8) is 0 Å². The van der Waals surface area contributed by atoms with Gasteiger partial charge in [0.25, 0.3) is 11.1 Å². The van der Waals surface area contributed by atoms with Crippen molar-refractivity contribution in [1.82, 2.24) is 9.80 Å². The van der Waals surface area contributed by atoms with Gasteiger partial charge in [-0.1, -0.05) is 53.5 Å². The lowest BCUT2D eigenvalue weighted by molar-refractivity contribution is 0.0774. The maximum atomic E-state index is 13.1. The monoisotopic (exact) mass is 477 g/mol. The molecule has 2 atom stereocenters. The van der Waals surface area contributed by atoms with Crippen LogP contribution in [0.25, 0.3) is 0 Å². The minimum absolute atomic E-state index is 0.143. The standard InChI is InChI=1S/C23H25Cl2N3O2S/c24-19-9-18(31-23(26)30)10-20(25)21(19)22(29)28-13-16-11-27(12-17(16)14-28)8-4-7-15-5-2-1-3-6-15/h1-3,5-6,9-10,16-17H,4,7-8,11-14H2,(H2,26,30)/t16-,17?/m0/s1. The van der Waals surface area contributed by atoms with E-state index in [0.29, 0.717) is 22.3 Å². The molecule has 31 heavy (non-hydrogen) atoms. The Morgan fingerprint density at radius 2 is 1.61 bits per heavy atom. The lowest BCUT2D eigenvalue weighted by Gasteiger charge is -2.22. The second-order valence-electron chi connectivity index (χ2n) is 8.26. The average Bonchev–Trinajstić information content (AvgIpc) is 3.26. The van der Waals surface area contributed by atoms with E-state index in [0.717, 1.165) is 57.3 Å². The van der Waals surface area contributed by atoms with Gasteiger partial charge in [0.05, 0.1) is 15.6 Å². The van der Waals surface area contributed by atoms with E-state index in [4.69, 9.17) is 28.9 Å². The molecule has 4 rings (SSSR count). The number of hydrogen-bond acceptors (Lipinski definition) is 4. The van der Waals surface area contributed by atoms with Crippen LogP contribution >= 0.6 is 35.0 Å². The molecular weight excluding hydrogens is 453 g/mol. The summed E-state index contributed by atoms with van der Waals surface area (Å²) in [4.78, 5) is 29.1. The molecule has 2 amide bonds. The zero-order valence-corrected chi connectivity index (χ0v) is 19.4. The number of likely N-dealkylation sites (tertiary alicyclic amines) is 2. The molecule has 2 aromatic rings. The molecule has 0 spiro atoms. The number of rotatable bonds is 6. The van der Waals surface area contributed by atoms with Crippen LogP contribution in [0, 0.1) is 11.8 Å². The second kappa shape index (κ2) is 9.82. The molecule has 0 saturated carbocycles. The summed E-state index contributed by atoms with van der Waals surface area (Å²) in [6.45, 7) is 4.59. The number of hydrogen-bond donors (Lipinski definition) is 1. The Kier molecular flexibility index (Phi) is 7.12. The van der Waals surface area contributed by atoms with Crippen LogP contribution in [0.5, 0.6) is 0 Å². The molecule has 2 aliphatic rings. The van der Waals surface area contributed by atoms with Crippen molar-refractivity contribution in [1.29, 1.82) is 0 Å². The van der Waals surface area contributed by atoms with Crippen LogP contribution in [0.15, 0.2) is 47.4 Å². The highest BCUT2D eigenvalue weighted by Crippen LogP contribution is 2.36. The maximum absolute atomic E-state index is 13.1. The van der Waals surface area contributed by atoms with Gasteiger partial charge in [0.2, 0.25) is 0 Å². The predicted octanol–water partition coefficient (Wildman–Crippen LogP) is 4.80. The molecule has 2 heterocycles. The summed E-state index contributed by atoms with van der Waals surface area (Å²) < 4.78 is 0. The van der Waals surface area contributed by atoms with Gasteiger partial charge in [-0.15, -0.1) is 0 Å². The van der Waals surface area contributed by atoms with E-state index < -0.39 is 5.24 Å². The number of aryl methyl sites for hydroxylation is 1. The number of nitrogens with two attached hydrogens (primary N) is 1. The first kappa shape index (κ1) is 22.5. The van der Waals surface area contributed by atoms with E-state index in [1.807, 2.05) is 11.0 Å². The van der Waals surface area contributed by atoms with Crippen LogP contribution in [0.1, 0.15) is 22.3 Å². The number of benzene rings is 2. The minimum atomic E-state index is -0.549. The molecule has 5 nitrogen and oxygen atoms in total. The van der Waals surface area contributed by atoms with Gasteiger partial charge in [-0.2, -0.15) is 0 Å². The number of thioether (sulfide) groups is 1. The number of nitrogens with zero attached hydrogens (tertiary/aromatic N) is 2. The number of amides is 2. The van der Waals surface area contributed by atoms with Gasteiger partial charge in [0.1, 0.15) is 0 Å². The molecule has 2 aliphatic heterocycles. The summed E-state index contributed by atoms with van der Waals surface area (Å²) >= 11 is 13.5. The number of primary amides is 1. The normalized spacial score (nSPS) is 20.8. The van der Waals surface area contributed by atoms with Crippen LogP contribution in [0.3, 0.4) is 0 Å². The number of carbonyl (C=O) groups excluding carboxylic acids is 2. The molecule has 2 N–H and O–H groups in total. The minimum Gasteiger partial charge on any atom is -0.360 e. The van der Waals surface area contributed by atoms with Gasteiger partial charge < -0.3 is 15.5 Å². The topological polar surface area (TPSA) is 66.6 Å². The van der Waals surface area contributed by atoms with Crippen molar-refractivity contribution < 1.29 is 9.59 Å². The summed E-state index contributed by atoms with van der Waals surface area (Å²) in [6.07, 6.45) is 2.24. The van der Waals surface area contributed by atoms with Gasteiger partial charge in [0, 0.05) is 31.1 Å². The van der Waals surface area contributed by atoms with Crippen molar-refractivity contribution in [3.05, 3.63) is 63.6 Å². The van der Waals surface area contributed by atoms with Gasteiger partial charge in [-0.05, 0) is 60.7 Å². The molecule has 0 bridgehead atoms. The lowest BCUT2D eigenvalue weighted by Crippen LogP contribution is -2.34. The van der Waals surface area contributed by atoms with Gasteiger partial charge >= 0.3 is 0 Å². The Balaban J connectivity index is 1.31. The molecule has 0 aliphatic carbocycles. The Hall–Kier alpha value is -1.73. The SMILES string of the molecule is NC(=O)Sc1cc(Cl)c(C(=O)N2CC3CN(CCCc4ccccc4)C[C@H]3C2)c(Cl)c1. The molecule has 2 saturated heterocycles. The van der Waals surface area contributed by atoms with E-state index in [9.17, 15) is 9.59 Å². The highest BCUT2D eigenvalue weighted by molar-refractivity contribution is 8.13. The molecule has 164 valence electrons. The Labute approximate surface area is 196 Å². The third-order valence-electron chi connectivity index (χ3n) is 6.08. The molecule has 8 heteroatoms. The summed E-state index contributed by atoms with van der Waals surface area (Å²) in [7, 11) is 0. The Morgan fingerprint density at radius 3 is 2.19 bits per heavy atom. The lowest BCUT2D eigenvalue weighted by atomic mass is 10.0. The number of carbonyl (C=O) groups is 2. The van der Waals surface area contributed by atoms with E-state index in [1.54, 1.807) is 12.1 Å². The van der Waals surface area contributed by atoms with E-state index >= 15 is 0 Å². The average molecular weight is 478 g/mol. The quantitative estimate of drug-likeness (QED) is 0.606. The first-order valence-electron chi connectivity index (χ1n) is 10.4. The zero-order chi connectivity index (χ0) is 22.0. The van der Waals surface area contributed by atoms with Crippen molar-refractivity contribution in [3.8, 4) is 0 Å². The summed E-state index contributed by atoms with van der Waals surface area (Å²) in [5.41, 5.74) is 6.89. The van der Waals surface area contributed by atoms with Crippen molar-refractivity contribution >= 4 is 46.1 Å². The summed E-state index contributed by atoms with van der Waals surface area (Å²) in [6, 6.07) is 13.7. The number of halogens is 2. The fourth-order valence-corrected chi connectivity index (χ4v) is 6.04. The van der Waals surface area contributed by atoms with E-state index in [2.05, 4.69) is 29.2 Å². The highest BCUT2D eigenvalue weighted by Gasteiger charge is 2.42. The third kappa shape index (κ3) is 5.37. The van der Waals surface area contributed by atoms with Crippen LogP contribution in [-0.4, -0.2) is 53.7 Å².